The molecule has 120 valence electrons. The number of hydrogen-bond donors (Lipinski definition) is 1. The van der Waals surface area contributed by atoms with Gasteiger partial charge in [-0.2, -0.15) is 0 Å². The molecule has 0 amide bonds. The third kappa shape index (κ3) is 2.11. The van der Waals surface area contributed by atoms with Crippen LogP contribution in [-0.4, -0.2) is 11.4 Å². The van der Waals surface area contributed by atoms with Crippen LogP contribution in [0.3, 0.4) is 0 Å². The maximum absolute atomic E-state index is 6.22. The average molecular weight is 339 g/mol. The van der Waals surface area contributed by atoms with Crippen LogP contribution in [0.5, 0.6) is 11.5 Å². The predicted octanol–water partition coefficient (Wildman–Crippen LogP) is 4.05. The Hall–Kier alpha value is -2.43. The summed E-state index contributed by atoms with van der Waals surface area (Å²) in [5, 5.41) is 4.39. The number of nitrogens with one attached hydrogen (secondary N) is 1. The summed E-state index contributed by atoms with van der Waals surface area (Å²) in [5.41, 5.74) is 4.67. The molecule has 0 saturated carbocycles. The number of ether oxygens (including phenoxy) is 2. The van der Waals surface area contributed by atoms with Crippen LogP contribution in [0.4, 0.5) is 0 Å². The number of rotatable bonds is 1. The van der Waals surface area contributed by atoms with E-state index < -0.39 is 0 Å². The summed E-state index contributed by atoms with van der Waals surface area (Å²) < 4.78 is 13.2. The molecule has 1 atom stereocenters. The van der Waals surface area contributed by atoms with Gasteiger partial charge in [-0.1, -0.05) is 23.7 Å². The Labute approximate surface area is 144 Å². The van der Waals surface area contributed by atoms with E-state index in [-0.39, 0.29) is 12.8 Å². The molecule has 0 fully saturated rings. The van der Waals surface area contributed by atoms with Gasteiger partial charge in [-0.25, -0.2) is 0 Å². The Kier molecular flexibility index (Phi) is 3.08. The molecule has 0 saturated heterocycles. The van der Waals surface area contributed by atoms with Crippen LogP contribution in [0, 0.1) is 0 Å². The van der Waals surface area contributed by atoms with Crippen molar-refractivity contribution in [1.29, 1.82) is 0 Å². The highest BCUT2D eigenvalue weighted by molar-refractivity contribution is 6.30. The van der Waals surface area contributed by atoms with Crippen LogP contribution in [0.2, 0.25) is 5.02 Å². The van der Waals surface area contributed by atoms with Crippen molar-refractivity contribution < 1.29 is 9.47 Å². The summed E-state index contributed by atoms with van der Waals surface area (Å²) in [7, 11) is 0. The highest BCUT2D eigenvalue weighted by Gasteiger charge is 2.25. The van der Waals surface area contributed by atoms with Crippen LogP contribution in [0.15, 0.2) is 54.7 Å². The first-order valence-electron chi connectivity index (χ1n) is 7.88. The lowest BCUT2D eigenvalue weighted by molar-refractivity contribution is 0.174. The highest BCUT2D eigenvalue weighted by Crippen LogP contribution is 2.37. The Morgan fingerprint density at radius 1 is 1.04 bits per heavy atom. The van der Waals surface area contributed by atoms with Gasteiger partial charge in [0.1, 0.15) is 0 Å². The monoisotopic (exact) mass is 338 g/mol. The van der Waals surface area contributed by atoms with Gasteiger partial charge in [-0.3, -0.25) is 0 Å². The molecular formula is C19H15ClN2O2. The SMILES string of the molecule is Clc1ccc2c(c1)-n1cccc1C(c1ccc3c(c1)OCO3)NC2. The van der Waals surface area contributed by atoms with Crippen molar-refractivity contribution in [2.45, 2.75) is 12.6 Å². The minimum absolute atomic E-state index is 0.0701. The molecule has 4 nitrogen and oxygen atoms in total. The maximum Gasteiger partial charge on any atom is 0.231 e. The fraction of sp³-hybridized carbons (Fsp3) is 0.158. The number of halogens is 1. The van der Waals surface area contributed by atoms with Crippen LogP contribution < -0.4 is 14.8 Å². The van der Waals surface area contributed by atoms with Gasteiger partial charge in [0.25, 0.3) is 0 Å². The number of hydrogen-bond acceptors (Lipinski definition) is 3. The molecule has 2 aromatic carbocycles. The van der Waals surface area contributed by atoms with Gasteiger partial charge in [-0.05, 0) is 47.5 Å². The maximum atomic E-state index is 6.22. The normalized spacial score (nSPS) is 18.0. The molecule has 0 aliphatic carbocycles. The smallest absolute Gasteiger partial charge is 0.231 e. The van der Waals surface area contributed by atoms with E-state index in [0.717, 1.165) is 34.3 Å². The Balaban J connectivity index is 1.64. The van der Waals surface area contributed by atoms with E-state index in [0.29, 0.717) is 0 Å². The quantitative estimate of drug-likeness (QED) is 0.727. The van der Waals surface area contributed by atoms with Gasteiger partial charge in [-0.15, -0.1) is 0 Å². The molecule has 24 heavy (non-hydrogen) atoms. The fourth-order valence-corrected chi connectivity index (χ4v) is 3.62. The van der Waals surface area contributed by atoms with E-state index in [1.807, 2.05) is 18.2 Å². The summed E-state index contributed by atoms with van der Waals surface area (Å²) in [5.74, 6) is 1.61. The third-order valence-electron chi connectivity index (χ3n) is 4.61. The van der Waals surface area contributed by atoms with Crippen molar-refractivity contribution in [2.24, 2.45) is 0 Å². The molecule has 2 aliphatic heterocycles. The van der Waals surface area contributed by atoms with E-state index in [4.69, 9.17) is 21.1 Å². The lowest BCUT2D eigenvalue weighted by Gasteiger charge is -2.18. The minimum atomic E-state index is 0.0701. The van der Waals surface area contributed by atoms with Crippen LogP contribution in [0.1, 0.15) is 22.9 Å². The highest BCUT2D eigenvalue weighted by atomic mass is 35.5. The van der Waals surface area contributed by atoms with E-state index in [1.165, 1.54) is 11.3 Å². The Morgan fingerprint density at radius 2 is 1.96 bits per heavy atom. The number of fused-ring (bicyclic) bond motifs is 4. The zero-order valence-electron chi connectivity index (χ0n) is 12.8. The summed E-state index contributed by atoms with van der Waals surface area (Å²) in [4.78, 5) is 0. The first kappa shape index (κ1) is 14.0. The molecule has 0 bridgehead atoms. The van der Waals surface area contributed by atoms with Crippen LogP contribution in [-0.2, 0) is 6.54 Å². The molecule has 5 heteroatoms. The number of aromatic nitrogens is 1. The summed E-state index contributed by atoms with van der Waals surface area (Å²) in [6, 6.07) is 16.4. The average Bonchev–Trinajstić information content (AvgIpc) is 3.22. The van der Waals surface area contributed by atoms with Gasteiger partial charge in [0, 0.05) is 23.5 Å². The molecule has 0 spiro atoms. The van der Waals surface area contributed by atoms with Gasteiger partial charge >= 0.3 is 0 Å². The molecule has 3 aromatic rings. The minimum Gasteiger partial charge on any atom is -0.454 e. The fourth-order valence-electron chi connectivity index (χ4n) is 3.46. The second-order valence-electron chi connectivity index (χ2n) is 6.00. The van der Waals surface area contributed by atoms with E-state index >= 15 is 0 Å². The van der Waals surface area contributed by atoms with Gasteiger partial charge in [0.15, 0.2) is 11.5 Å². The van der Waals surface area contributed by atoms with Gasteiger partial charge < -0.3 is 19.4 Å². The first-order valence-corrected chi connectivity index (χ1v) is 8.26. The number of benzene rings is 2. The molecule has 5 rings (SSSR count). The molecule has 2 aliphatic rings. The zero-order chi connectivity index (χ0) is 16.1. The topological polar surface area (TPSA) is 35.4 Å². The molecular weight excluding hydrogens is 324 g/mol. The summed E-state index contributed by atoms with van der Waals surface area (Å²) >= 11 is 6.22. The van der Waals surface area contributed by atoms with Gasteiger partial charge in [0.2, 0.25) is 6.79 Å². The van der Waals surface area contributed by atoms with Crippen molar-refractivity contribution in [3.8, 4) is 17.2 Å². The van der Waals surface area contributed by atoms with Crippen molar-refractivity contribution >= 4 is 11.6 Å². The second-order valence-corrected chi connectivity index (χ2v) is 6.44. The van der Waals surface area contributed by atoms with Crippen molar-refractivity contribution in [3.05, 3.63) is 76.6 Å². The second kappa shape index (κ2) is 5.30. The molecule has 0 radical (unpaired) electrons. The third-order valence-corrected chi connectivity index (χ3v) is 4.84. The largest absolute Gasteiger partial charge is 0.454 e. The molecule has 1 aromatic heterocycles. The Morgan fingerprint density at radius 3 is 2.92 bits per heavy atom. The molecule has 1 unspecified atom stereocenters. The summed E-state index contributed by atoms with van der Waals surface area (Å²) in [6.07, 6.45) is 2.08. The van der Waals surface area contributed by atoms with E-state index in [2.05, 4.69) is 46.4 Å². The van der Waals surface area contributed by atoms with E-state index in [1.54, 1.807) is 0 Å². The van der Waals surface area contributed by atoms with Crippen molar-refractivity contribution in [2.75, 3.05) is 6.79 Å². The summed E-state index contributed by atoms with van der Waals surface area (Å²) in [6.45, 7) is 1.06. The van der Waals surface area contributed by atoms with Crippen molar-refractivity contribution in [1.82, 2.24) is 9.88 Å². The lowest BCUT2D eigenvalue weighted by atomic mass is 10.0. The first-order chi connectivity index (χ1) is 11.8. The van der Waals surface area contributed by atoms with Crippen molar-refractivity contribution in [3.63, 3.8) is 0 Å². The standard InChI is InChI=1S/C19H15ClN2O2/c20-14-5-3-13-10-21-19(15-2-1-7-22(15)16(13)9-14)12-4-6-17-18(8-12)24-11-23-17/h1-9,19,21H,10-11H2. The lowest BCUT2D eigenvalue weighted by Crippen LogP contribution is -2.21. The number of nitrogens with zero attached hydrogens (tertiary/aromatic N) is 1. The Bertz CT molecular complexity index is 935. The molecule has 3 heterocycles. The van der Waals surface area contributed by atoms with Crippen LogP contribution in [0.25, 0.3) is 5.69 Å². The van der Waals surface area contributed by atoms with Crippen LogP contribution >= 0.6 is 11.6 Å². The zero-order valence-corrected chi connectivity index (χ0v) is 13.6. The van der Waals surface area contributed by atoms with Gasteiger partial charge in [0.05, 0.1) is 11.7 Å². The molecule has 1 N–H and O–H groups in total. The van der Waals surface area contributed by atoms with E-state index in [9.17, 15) is 0 Å². The predicted molar refractivity (Wildman–Crippen MR) is 92.0 cm³/mol.